The minimum absolute atomic E-state index is 0.0305. The van der Waals surface area contributed by atoms with Gasteiger partial charge >= 0.3 is 0 Å². The fourth-order valence-corrected chi connectivity index (χ4v) is 3.20. The quantitative estimate of drug-likeness (QED) is 0.698. The third kappa shape index (κ3) is 3.80. The number of fused-ring (bicyclic) bond motifs is 1. The molecule has 1 atom stereocenters. The molecule has 3 aromatic carbocycles. The summed E-state index contributed by atoms with van der Waals surface area (Å²) < 4.78 is 11.7. The number of nitrogens with zero attached hydrogens (tertiary/aromatic N) is 1. The van der Waals surface area contributed by atoms with E-state index < -0.39 is 0 Å². The van der Waals surface area contributed by atoms with Gasteiger partial charge in [-0.1, -0.05) is 54.6 Å². The number of carbonyl (C=O) groups excluding carboxylic acids is 1. The molecular weight excluding hydrogens is 338 g/mol. The maximum atomic E-state index is 12.7. The highest BCUT2D eigenvalue weighted by molar-refractivity contribution is 5.94. The highest BCUT2D eigenvalue weighted by Gasteiger charge is 2.24. The van der Waals surface area contributed by atoms with Gasteiger partial charge in [0.05, 0.1) is 6.54 Å². The SMILES string of the molecule is CN(C[C@H]1COc2ccccc2O1)C(=O)c1ccc(-c2ccccc2)cc1. The molecule has 0 saturated heterocycles. The molecule has 1 heterocycles. The minimum atomic E-state index is -0.183. The van der Waals surface area contributed by atoms with Crippen LogP contribution in [-0.2, 0) is 0 Å². The van der Waals surface area contributed by atoms with E-state index in [2.05, 4.69) is 12.1 Å². The standard InChI is InChI=1S/C23H21NO3/c1-24(15-20-16-26-21-9-5-6-10-22(21)27-20)23(25)19-13-11-18(12-14-19)17-7-3-2-4-8-17/h2-14,20H,15-16H2,1H3/t20-/m0/s1. The maximum absolute atomic E-state index is 12.7. The van der Waals surface area contributed by atoms with Crippen molar-refractivity contribution in [2.45, 2.75) is 6.10 Å². The molecule has 27 heavy (non-hydrogen) atoms. The molecule has 4 rings (SSSR count). The van der Waals surface area contributed by atoms with E-state index >= 15 is 0 Å². The molecule has 0 N–H and O–H groups in total. The van der Waals surface area contributed by atoms with Crippen molar-refractivity contribution in [3.8, 4) is 22.6 Å². The number of ether oxygens (including phenoxy) is 2. The average molecular weight is 359 g/mol. The summed E-state index contributed by atoms with van der Waals surface area (Å²) in [4.78, 5) is 14.4. The third-order valence-corrected chi connectivity index (χ3v) is 4.63. The number of likely N-dealkylation sites (N-methyl/N-ethyl adjacent to an activating group) is 1. The molecular formula is C23H21NO3. The Labute approximate surface area is 159 Å². The predicted octanol–water partition coefficient (Wildman–Crippen LogP) is 4.27. The van der Waals surface area contributed by atoms with E-state index in [1.807, 2.05) is 66.7 Å². The van der Waals surface area contributed by atoms with Crippen LogP contribution >= 0.6 is 0 Å². The lowest BCUT2D eigenvalue weighted by Crippen LogP contribution is -2.41. The van der Waals surface area contributed by atoms with E-state index in [4.69, 9.17) is 9.47 Å². The van der Waals surface area contributed by atoms with Crippen LogP contribution in [0.4, 0.5) is 0 Å². The zero-order valence-corrected chi connectivity index (χ0v) is 15.2. The van der Waals surface area contributed by atoms with Gasteiger partial charge in [0.1, 0.15) is 6.61 Å². The Hall–Kier alpha value is -3.27. The monoisotopic (exact) mass is 359 g/mol. The molecule has 0 aromatic heterocycles. The van der Waals surface area contributed by atoms with Gasteiger partial charge in [0.15, 0.2) is 17.6 Å². The van der Waals surface area contributed by atoms with Crippen LogP contribution in [0.25, 0.3) is 11.1 Å². The highest BCUT2D eigenvalue weighted by Crippen LogP contribution is 2.31. The van der Waals surface area contributed by atoms with Gasteiger partial charge in [-0.3, -0.25) is 4.79 Å². The van der Waals surface area contributed by atoms with E-state index in [0.29, 0.717) is 18.7 Å². The summed E-state index contributed by atoms with van der Waals surface area (Å²) >= 11 is 0. The largest absolute Gasteiger partial charge is 0.486 e. The van der Waals surface area contributed by atoms with Crippen LogP contribution in [-0.4, -0.2) is 37.1 Å². The average Bonchev–Trinajstić information content (AvgIpc) is 2.74. The van der Waals surface area contributed by atoms with Crippen molar-refractivity contribution in [3.63, 3.8) is 0 Å². The van der Waals surface area contributed by atoms with E-state index in [9.17, 15) is 4.79 Å². The maximum Gasteiger partial charge on any atom is 0.253 e. The molecule has 1 aliphatic heterocycles. The van der Waals surface area contributed by atoms with Gasteiger partial charge in [0.25, 0.3) is 5.91 Å². The van der Waals surface area contributed by atoms with E-state index in [-0.39, 0.29) is 12.0 Å². The van der Waals surface area contributed by atoms with Gasteiger partial charge in [-0.15, -0.1) is 0 Å². The Morgan fingerprint density at radius 3 is 2.26 bits per heavy atom. The second-order valence-electron chi connectivity index (χ2n) is 6.63. The Morgan fingerprint density at radius 1 is 0.889 bits per heavy atom. The summed E-state index contributed by atoms with van der Waals surface area (Å²) in [5.74, 6) is 1.44. The number of hydrogen-bond acceptors (Lipinski definition) is 3. The fourth-order valence-electron chi connectivity index (χ4n) is 3.20. The van der Waals surface area contributed by atoms with Crippen LogP contribution in [0, 0.1) is 0 Å². The van der Waals surface area contributed by atoms with Crippen LogP contribution in [0.2, 0.25) is 0 Å². The zero-order valence-electron chi connectivity index (χ0n) is 15.2. The van der Waals surface area contributed by atoms with Crippen molar-refractivity contribution in [3.05, 3.63) is 84.4 Å². The molecule has 0 fully saturated rings. The topological polar surface area (TPSA) is 38.8 Å². The molecule has 4 nitrogen and oxygen atoms in total. The molecule has 1 aliphatic rings. The molecule has 0 spiro atoms. The molecule has 1 amide bonds. The first-order chi connectivity index (χ1) is 13.2. The second-order valence-corrected chi connectivity index (χ2v) is 6.63. The van der Waals surface area contributed by atoms with Crippen LogP contribution in [0.5, 0.6) is 11.5 Å². The summed E-state index contributed by atoms with van der Waals surface area (Å²) in [5.41, 5.74) is 2.89. The second kappa shape index (κ2) is 7.54. The Bertz CT molecular complexity index is 922. The van der Waals surface area contributed by atoms with E-state index in [1.54, 1.807) is 11.9 Å². The molecule has 4 heteroatoms. The van der Waals surface area contributed by atoms with Gasteiger partial charge in [-0.05, 0) is 35.4 Å². The summed E-state index contributed by atoms with van der Waals surface area (Å²) in [6, 6.07) is 25.4. The van der Waals surface area contributed by atoms with E-state index in [0.717, 1.165) is 22.6 Å². The first-order valence-electron chi connectivity index (χ1n) is 9.00. The normalized spacial score (nSPS) is 15.2. The summed E-state index contributed by atoms with van der Waals surface area (Å²) in [7, 11) is 1.79. The first kappa shape index (κ1) is 17.2. The molecule has 0 unspecified atom stereocenters. The van der Waals surface area contributed by atoms with Crippen LogP contribution in [0.3, 0.4) is 0 Å². The summed E-state index contributed by atoms with van der Waals surface area (Å²) in [6.45, 7) is 0.898. The Kier molecular flexibility index (Phi) is 4.79. The number of carbonyl (C=O) groups is 1. The zero-order chi connectivity index (χ0) is 18.6. The van der Waals surface area contributed by atoms with Crippen LogP contribution in [0.1, 0.15) is 10.4 Å². The van der Waals surface area contributed by atoms with Crippen molar-refractivity contribution >= 4 is 5.91 Å². The third-order valence-electron chi connectivity index (χ3n) is 4.63. The van der Waals surface area contributed by atoms with Crippen molar-refractivity contribution in [2.75, 3.05) is 20.2 Å². The molecule has 0 radical (unpaired) electrons. The molecule has 0 saturated carbocycles. The van der Waals surface area contributed by atoms with Crippen LogP contribution in [0.15, 0.2) is 78.9 Å². The van der Waals surface area contributed by atoms with Crippen molar-refractivity contribution < 1.29 is 14.3 Å². The number of benzene rings is 3. The highest BCUT2D eigenvalue weighted by atomic mass is 16.6. The number of rotatable bonds is 4. The lowest BCUT2D eigenvalue weighted by Gasteiger charge is -2.29. The molecule has 0 bridgehead atoms. The van der Waals surface area contributed by atoms with Gasteiger partial charge in [0.2, 0.25) is 0 Å². The summed E-state index contributed by atoms with van der Waals surface area (Å²) in [6.07, 6.45) is -0.183. The van der Waals surface area contributed by atoms with Crippen LogP contribution < -0.4 is 9.47 Å². The first-order valence-corrected chi connectivity index (χ1v) is 9.00. The molecule has 0 aliphatic carbocycles. The number of para-hydroxylation sites is 2. The smallest absolute Gasteiger partial charge is 0.253 e. The number of hydrogen-bond donors (Lipinski definition) is 0. The molecule has 3 aromatic rings. The lowest BCUT2D eigenvalue weighted by molar-refractivity contribution is 0.0521. The van der Waals surface area contributed by atoms with Crippen molar-refractivity contribution in [2.24, 2.45) is 0 Å². The lowest BCUT2D eigenvalue weighted by atomic mass is 10.0. The van der Waals surface area contributed by atoms with Gasteiger partial charge in [-0.2, -0.15) is 0 Å². The fraction of sp³-hybridized carbons (Fsp3) is 0.174. The Morgan fingerprint density at radius 2 is 1.52 bits per heavy atom. The number of amides is 1. The molecule has 136 valence electrons. The van der Waals surface area contributed by atoms with Gasteiger partial charge < -0.3 is 14.4 Å². The van der Waals surface area contributed by atoms with Gasteiger partial charge in [0, 0.05) is 12.6 Å². The summed E-state index contributed by atoms with van der Waals surface area (Å²) in [5, 5.41) is 0. The Balaban J connectivity index is 1.41. The van der Waals surface area contributed by atoms with Gasteiger partial charge in [-0.25, -0.2) is 0 Å². The van der Waals surface area contributed by atoms with Crippen molar-refractivity contribution in [1.82, 2.24) is 4.90 Å². The van der Waals surface area contributed by atoms with Crippen molar-refractivity contribution in [1.29, 1.82) is 0 Å². The predicted molar refractivity (Wildman–Crippen MR) is 105 cm³/mol. The minimum Gasteiger partial charge on any atom is -0.486 e. The van der Waals surface area contributed by atoms with E-state index in [1.165, 1.54) is 0 Å².